The summed E-state index contributed by atoms with van der Waals surface area (Å²) in [7, 11) is 3.39. The fraction of sp³-hybridized carbons (Fsp3) is 0.667. The van der Waals surface area contributed by atoms with Crippen molar-refractivity contribution in [2.24, 2.45) is 4.99 Å². The first-order chi connectivity index (χ1) is 10.8. The second-order valence-corrected chi connectivity index (χ2v) is 6.37. The van der Waals surface area contributed by atoms with E-state index in [1.54, 1.807) is 11.3 Å². The molecule has 0 unspecified atom stereocenters. The molecule has 4 nitrogen and oxygen atoms in total. The summed E-state index contributed by atoms with van der Waals surface area (Å²) in [5.74, 6) is 0.726. The average Bonchev–Trinajstić information content (AvgIpc) is 2.95. The second kappa shape index (κ2) is 9.77. The van der Waals surface area contributed by atoms with Crippen LogP contribution in [0.5, 0.6) is 0 Å². The molecule has 0 spiro atoms. The monoisotopic (exact) mass is 350 g/mol. The second-order valence-electron chi connectivity index (χ2n) is 5.34. The Hall–Kier alpha value is -1.28. The molecule has 8 heteroatoms. The third-order valence-corrected chi connectivity index (χ3v) is 4.10. The maximum Gasteiger partial charge on any atom is 0.401 e. The first kappa shape index (κ1) is 19.8. The zero-order valence-corrected chi connectivity index (χ0v) is 14.7. The average molecular weight is 350 g/mol. The molecule has 0 amide bonds. The topological polar surface area (TPSA) is 30.9 Å². The molecule has 0 aromatic carbocycles. The number of hydrogen-bond acceptors (Lipinski definition) is 3. The third kappa shape index (κ3) is 8.80. The summed E-state index contributed by atoms with van der Waals surface area (Å²) in [6.07, 6.45) is -3.24. The van der Waals surface area contributed by atoms with Crippen LogP contribution in [0.3, 0.4) is 0 Å². The van der Waals surface area contributed by atoms with Gasteiger partial charge < -0.3 is 10.2 Å². The lowest BCUT2D eigenvalue weighted by Crippen LogP contribution is -2.40. The van der Waals surface area contributed by atoms with Gasteiger partial charge in [-0.15, -0.1) is 11.3 Å². The maximum atomic E-state index is 12.3. The smallest absolute Gasteiger partial charge is 0.357 e. The van der Waals surface area contributed by atoms with Crippen molar-refractivity contribution in [3.05, 3.63) is 22.4 Å². The van der Waals surface area contributed by atoms with E-state index >= 15 is 0 Å². The highest BCUT2D eigenvalue weighted by Gasteiger charge is 2.28. The highest BCUT2D eigenvalue weighted by atomic mass is 32.1. The molecule has 0 saturated heterocycles. The van der Waals surface area contributed by atoms with Crippen LogP contribution < -0.4 is 5.32 Å². The lowest BCUT2D eigenvalue weighted by Gasteiger charge is -2.22. The van der Waals surface area contributed by atoms with E-state index in [9.17, 15) is 13.2 Å². The number of nitrogens with zero attached hydrogens (tertiary/aromatic N) is 3. The molecule has 0 atom stereocenters. The fourth-order valence-electron chi connectivity index (χ4n) is 2.02. The quantitative estimate of drug-likeness (QED) is 0.578. The normalized spacial score (nSPS) is 12.7. The molecule has 0 aliphatic rings. The summed E-state index contributed by atoms with van der Waals surface area (Å²) in [4.78, 5) is 8.95. The van der Waals surface area contributed by atoms with Gasteiger partial charge >= 0.3 is 6.18 Å². The van der Waals surface area contributed by atoms with Crippen LogP contribution in [0.25, 0.3) is 0 Å². The number of hydrogen-bond donors (Lipinski definition) is 1. The van der Waals surface area contributed by atoms with Gasteiger partial charge in [-0.1, -0.05) is 6.07 Å². The minimum absolute atomic E-state index is 0.271. The molecule has 1 aromatic heterocycles. The van der Waals surface area contributed by atoms with Crippen molar-refractivity contribution in [1.82, 2.24) is 15.1 Å². The molecule has 1 N–H and O–H groups in total. The van der Waals surface area contributed by atoms with Gasteiger partial charge in [0.05, 0.1) is 13.1 Å². The van der Waals surface area contributed by atoms with Crippen molar-refractivity contribution < 1.29 is 13.2 Å². The molecular weight excluding hydrogens is 325 g/mol. The molecule has 0 saturated carbocycles. The van der Waals surface area contributed by atoms with Gasteiger partial charge in [0.25, 0.3) is 0 Å². The van der Waals surface area contributed by atoms with Crippen LogP contribution in [0, 0.1) is 0 Å². The standard InChI is InChI=1S/C15H25F3N4S/c1-4-19-14(20-8-10-21(2)12-15(16,17)18)22(3)9-7-13-6-5-11-23-13/h5-6,11H,4,7-10,12H2,1-3H3,(H,19,20). The van der Waals surface area contributed by atoms with E-state index < -0.39 is 12.7 Å². The minimum atomic E-state index is -4.17. The predicted octanol–water partition coefficient (Wildman–Crippen LogP) is 2.68. The molecule has 0 bridgehead atoms. The first-order valence-corrected chi connectivity index (χ1v) is 8.47. The van der Waals surface area contributed by atoms with Crippen LogP contribution in [0.4, 0.5) is 13.2 Å². The van der Waals surface area contributed by atoms with Crippen LogP contribution in [-0.2, 0) is 6.42 Å². The van der Waals surface area contributed by atoms with Crippen molar-refractivity contribution in [2.75, 3.05) is 46.8 Å². The van der Waals surface area contributed by atoms with E-state index in [0.29, 0.717) is 6.54 Å². The van der Waals surface area contributed by atoms with Crippen molar-refractivity contribution in [3.63, 3.8) is 0 Å². The van der Waals surface area contributed by atoms with Gasteiger partial charge in [-0.3, -0.25) is 9.89 Å². The summed E-state index contributed by atoms with van der Waals surface area (Å²) in [6.45, 7) is 3.20. The van der Waals surface area contributed by atoms with Crippen molar-refractivity contribution in [2.45, 2.75) is 19.5 Å². The predicted molar refractivity (Wildman–Crippen MR) is 90.2 cm³/mol. The number of rotatable bonds is 8. The Bertz CT molecular complexity index is 460. The molecule has 0 aliphatic heterocycles. The van der Waals surface area contributed by atoms with Gasteiger partial charge in [0.2, 0.25) is 0 Å². The highest BCUT2D eigenvalue weighted by Crippen LogP contribution is 2.15. The summed E-state index contributed by atoms with van der Waals surface area (Å²) in [5.41, 5.74) is 0. The lowest BCUT2D eigenvalue weighted by atomic mass is 10.3. The Morgan fingerprint density at radius 1 is 1.30 bits per heavy atom. The van der Waals surface area contributed by atoms with Gasteiger partial charge in [-0.2, -0.15) is 13.2 Å². The largest absolute Gasteiger partial charge is 0.401 e. The molecule has 132 valence electrons. The van der Waals surface area contributed by atoms with Crippen molar-refractivity contribution >= 4 is 17.3 Å². The van der Waals surface area contributed by atoms with E-state index in [1.165, 1.54) is 16.8 Å². The zero-order valence-electron chi connectivity index (χ0n) is 13.9. The van der Waals surface area contributed by atoms with Gasteiger partial charge in [-0.25, -0.2) is 0 Å². The number of aliphatic imine (C=N–C) groups is 1. The van der Waals surface area contributed by atoms with Crippen LogP contribution in [0.15, 0.2) is 22.5 Å². The molecule has 0 aliphatic carbocycles. The highest BCUT2D eigenvalue weighted by molar-refractivity contribution is 7.09. The van der Waals surface area contributed by atoms with Crippen molar-refractivity contribution in [3.8, 4) is 0 Å². The van der Waals surface area contributed by atoms with E-state index in [0.717, 1.165) is 25.5 Å². The minimum Gasteiger partial charge on any atom is -0.357 e. The Labute approximate surface area is 140 Å². The van der Waals surface area contributed by atoms with E-state index in [-0.39, 0.29) is 6.54 Å². The van der Waals surface area contributed by atoms with E-state index in [1.807, 2.05) is 30.3 Å². The lowest BCUT2D eigenvalue weighted by molar-refractivity contribution is -0.142. The molecule has 1 heterocycles. The van der Waals surface area contributed by atoms with Gasteiger partial charge in [0.15, 0.2) is 5.96 Å². The number of thiophene rings is 1. The number of nitrogens with one attached hydrogen (secondary N) is 1. The number of guanidine groups is 1. The molecule has 0 radical (unpaired) electrons. The van der Waals surface area contributed by atoms with E-state index in [4.69, 9.17) is 0 Å². The van der Waals surface area contributed by atoms with Crippen LogP contribution in [0.2, 0.25) is 0 Å². The van der Waals surface area contributed by atoms with Crippen LogP contribution in [-0.4, -0.2) is 68.8 Å². The van der Waals surface area contributed by atoms with Gasteiger partial charge in [0, 0.05) is 31.6 Å². The molecule has 0 fully saturated rings. The van der Waals surface area contributed by atoms with Crippen LogP contribution in [0.1, 0.15) is 11.8 Å². The Morgan fingerprint density at radius 3 is 2.61 bits per heavy atom. The molecular formula is C15H25F3N4S. The Balaban J connectivity index is 2.45. The summed E-state index contributed by atoms with van der Waals surface area (Å²) < 4.78 is 36.8. The summed E-state index contributed by atoms with van der Waals surface area (Å²) >= 11 is 1.72. The maximum absolute atomic E-state index is 12.3. The molecule has 1 aromatic rings. The summed E-state index contributed by atoms with van der Waals surface area (Å²) in [5, 5.41) is 5.22. The number of alkyl halides is 3. The van der Waals surface area contributed by atoms with Crippen molar-refractivity contribution in [1.29, 1.82) is 0 Å². The van der Waals surface area contributed by atoms with Gasteiger partial charge in [-0.05, 0) is 31.8 Å². The Kier molecular flexibility index (Phi) is 8.40. The number of likely N-dealkylation sites (N-methyl/N-ethyl adjacent to an activating group) is 2. The summed E-state index contributed by atoms with van der Waals surface area (Å²) in [6, 6.07) is 4.12. The SMILES string of the molecule is CCNC(=NCCN(C)CC(F)(F)F)N(C)CCc1cccs1. The van der Waals surface area contributed by atoms with Crippen LogP contribution >= 0.6 is 11.3 Å². The molecule has 23 heavy (non-hydrogen) atoms. The third-order valence-electron chi connectivity index (χ3n) is 3.16. The zero-order chi connectivity index (χ0) is 17.3. The first-order valence-electron chi connectivity index (χ1n) is 7.59. The molecule has 1 rings (SSSR count). The fourth-order valence-corrected chi connectivity index (χ4v) is 2.72. The Morgan fingerprint density at radius 2 is 2.04 bits per heavy atom. The van der Waals surface area contributed by atoms with E-state index in [2.05, 4.69) is 16.4 Å². The van der Waals surface area contributed by atoms with Gasteiger partial charge in [0.1, 0.15) is 0 Å². The number of halogens is 3.